The van der Waals surface area contributed by atoms with Crippen molar-refractivity contribution in [3.8, 4) is 11.3 Å². The second-order valence-corrected chi connectivity index (χ2v) is 5.47. The Labute approximate surface area is 125 Å². The molecule has 0 saturated heterocycles. The molecule has 104 valence electrons. The number of hydrogen-bond donors (Lipinski definition) is 1. The second kappa shape index (κ2) is 5.03. The molecule has 20 heavy (non-hydrogen) atoms. The first-order chi connectivity index (χ1) is 9.60. The normalized spacial score (nSPS) is 11.4. The van der Waals surface area contributed by atoms with Crippen LogP contribution in [0.3, 0.4) is 0 Å². The van der Waals surface area contributed by atoms with Crippen LogP contribution in [0.5, 0.6) is 0 Å². The number of hydrogen-bond acceptors (Lipinski definition) is 4. The molecule has 0 saturated carbocycles. The van der Waals surface area contributed by atoms with Crippen LogP contribution in [0.2, 0.25) is 0 Å². The molecule has 1 N–H and O–H groups in total. The van der Waals surface area contributed by atoms with Crippen molar-refractivity contribution < 1.29 is 4.42 Å². The van der Waals surface area contributed by atoms with E-state index in [0.29, 0.717) is 5.89 Å². The maximum Gasteiger partial charge on any atom is 0.192 e. The van der Waals surface area contributed by atoms with Crippen LogP contribution >= 0.6 is 15.9 Å². The third-order valence-electron chi connectivity index (χ3n) is 3.21. The number of nitrogens with zero attached hydrogens (tertiary/aromatic N) is 3. The molecule has 2 heterocycles. The van der Waals surface area contributed by atoms with Gasteiger partial charge in [0.15, 0.2) is 11.5 Å². The van der Waals surface area contributed by atoms with Gasteiger partial charge in [0.25, 0.3) is 0 Å². The molecule has 3 aromatic rings. The van der Waals surface area contributed by atoms with Gasteiger partial charge < -0.3 is 9.73 Å². The van der Waals surface area contributed by atoms with Gasteiger partial charge in [-0.2, -0.15) is 5.10 Å². The van der Waals surface area contributed by atoms with E-state index in [9.17, 15) is 0 Å². The van der Waals surface area contributed by atoms with Gasteiger partial charge in [-0.1, -0.05) is 0 Å². The molecule has 0 aliphatic rings. The quantitative estimate of drug-likeness (QED) is 0.799. The summed E-state index contributed by atoms with van der Waals surface area (Å²) >= 11 is 3.64. The smallest absolute Gasteiger partial charge is 0.192 e. The Kier molecular flexibility index (Phi) is 3.35. The molecule has 5 nitrogen and oxygen atoms in total. The fourth-order valence-electron chi connectivity index (χ4n) is 2.27. The summed E-state index contributed by atoms with van der Waals surface area (Å²) in [6, 6.07) is 5.94. The van der Waals surface area contributed by atoms with Crippen LogP contribution in [0, 0.1) is 6.92 Å². The minimum absolute atomic E-state index is 0.674. The van der Waals surface area contributed by atoms with Gasteiger partial charge in [-0.3, -0.25) is 4.68 Å². The average molecular weight is 335 g/mol. The predicted molar refractivity (Wildman–Crippen MR) is 81.4 cm³/mol. The van der Waals surface area contributed by atoms with E-state index in [0.717, 1.165) is 39.1 Å². The maximum atomic E-state index is 5.50. The van der Waals surface area contributed by atoms with Crippen molar-refractivity contribution in [2.45, 2.75) is 13.5 Å². The van der Waals surface area contributed by atoms with Crippen LogP contribution in [-0.4, -0.2) is 21.8 Å². The van der Waals surface area contributed by atoms with Gasteiger partial charge in [0, 0.05) is 26.1 Å². The Bertz CT molecular complexity index is 775. The lowest BCUT2D eigenvalue weighted by Crippen LogP contribution is -2.10. The number of aryl methyl sites for hydroxylation is 2. The van der Waals surface area contributed by atoms with Gasteiger partial charge in [-0.25, -0.2) is 4.98 Å². The summed E-state index contributed by atoms with van der Waals surface area (Å²) in [7, 11) is 3.86. The fraction of sp³-hybridized carbons (Fsp3) is 0.286. The van der Waals surface area contributed by atoms with Crippen molar-refractivity contribution in [3.63, 3.8) is 0 Å². The first-order valence-corrected chi connectivity index (χ1v) is 7.13. The molecule has 0 aliphatic heterocycles. The van der Waals surface area contributed by atoms with Crippen molar-refractivity contribution in [1.29, 1.82) is 0 Å². The zero-order valence-electron chi connectivity index (χ0n) is 11.6. The fourth-order valence-corrected chi connectivity index (χ4v) is 2.97. The molecule has 2 aromatic heterocycles. The topological polar surface area (TPSA) is 55.9 Å². The van der Waals surface area contributed by atoms with E-state index < -0.39 is 0 Å². The molecule has 0 aliphatic carbocycles. The zero-order valence-corrected chi connectivity index (χ0v) is 13.2. The Morgan fingerprint density at radius 2 is 2.20 bits per heavy atom. The van der Waals surface area contributed by atoms with E-state index in [-0.39, 0.29) is 0 Å². The summed E-state index contributed by atoms with van der Waals surface area (Å²) < 4.78 is 8.39. The summed E-state index contributed by atoms with van der Waals surface area (Å²) in [6.45, 7) is 2.61. The Balaban J connectivity index is 2.12. The number of nitrogens with one attached hydrogen (secondary N) is 1. The first kappa shape index (κ1) is 13.3. The van der Waals surface area contributed by atoms with Gasteiger partial charge in [0.05, 0.1) is 10.2 Å². The summed E-state index contributed by atoms with van der Waals surface area (Å²) in [5.41, 5.74) is 4.70. The molecule has 0 unspecified atom stereocenters. The van der Waals surface area contributed by atoms with Gasteiger partial charge in [0.2, 0.25) is 0 Å². The summed E-state index contributed by atoms with van der Waals surface area (Å²) in [4.78, 5) is 4.37. The third kappa shape index (κ3) is 2.14. The molecule has 0 amide bonds. The Hall–Kier alpha value is -1.66. The highest BCUT2D eigenvalue weighted by atomic mass is 79.9. The van der Waals surface area contributed by atoms with Crippen molar-refractivity contribution in [3.05, 3.63) is 34.3 Å². The predicted octanol–water partition coefficient (Wildman–Crippen LogP) is 3.02. The number of benzene rings is 1. The SMILES string of the molecule is CNCc1c(Br)c(-c2ccc3oc(C)nc3c2)nn1C. The highest BCUT2D eigenvalue weighted by Crippen LogP contribution is 2.32. The minimum Gasteiger partial charge on any atom is -0.441 e. The number of aromatic nitrogens is 3. The van der Waals surface area contributed by atoms with Gasteiger partial charge in [-0.15, -0.1) is 0 Å². The molecule has 0 spiro atoms. The first-order valence-electron chi connectivity index (χ1n) is 6.33. The molecular weight excluding hydrogens is 320 g/mol. The van der Waals surface area contributed by atoms with E-state index >= 15 is 0 Å². The summed E-state index contributed by atoms with van der Waals surface area (Å²) in [5.74, 6) is 0.674. The van der Waals surface area contributed by atoms with E-state index in [2.05, 4.69) is 31.3 Å². The molecule has 0 radical (unpaired) electrons. The van der Waals surface area contributed by atoms with Crippen LogP contribution in [0.1, 0.15) is 11.6 Å². The van der Waals surface area contributed by atoms with E-state index in [1.54, 1.807) is 0 Å². The van der Waals surface area contributed by atoms with Crippen LogP contribution in [0.15, 0.2) is 27.1 Å². The Morgan fingerprint density at radius 1 is 1.40 bits per heavy atom. The monoisotopic (exact) mass is 334 g/mol. The Morgan fingerprint density at radius 3 is 2.95 bits per heavy atom. The highest BCUT2D eigenvalue weighted by Gasteiger charge is 2.15. The van der Waals surface area contributed by atoms with Crippen molar-refractivity contribution in [2.24, 2.45) is 7.05 Å². The van der Waals surface area contributed by atoms with E-state index in [1.165, 1.54) is 0 Å². The van der Waals surface area contributed by atoms with E-state index in [4.69, 9.17) is 4.42 Å². The van der Waals surface area contributed by atoms with Crippen LogP contribution in [0.25, 0.3) is 22.4 Å². The third-order valence-corrected chi connectivity index (χ3v) is 4.05. The van der Waals surface area contributed by atoms with Gasteiger partial charge in [-0.05, 0) is 41.2 Å². The number of fused-ring (bicyclic) bond motifs is 1. The lowest BCUT2D eigenvalue weighted by molar-refractivity contribution is 0.561. The van der Waals surface area contributed by atoms with Crippen molar-refractivity contribution in [1.82, 2.24) is 20.1 Å². The molecular formula is C14H15BrN4O. The largest absolute Gasteiger partial charge is 0.441 e. The van der Waals surface area contributed by atoms with Crippen LogP contribution in [-0.2, 0) is 13.6 Å². The zero-order chi connectivity index (χ0) is 14.3. The summed E-state index contributed by atoms with van der Waals surface area (Å²) in [6.07, 6.45) is 0. The highest BCUT2D eigenvalue weighted by molar-refractivity contribution is 9.10. The standard InChI is InChI=1S/C14H15BrN4O/c1-8-17-10-6-9(4-5-12(10)20-8)14-13(15)11(7-16-2)19(3)18-14/h4-6,16H,7H2,1-3H3. The molecule has 1 aromatic carbocycles. The lowest BCUT2D eigenvalue weighted by atomic mass is 10.1. The molecule has 3 rings (SSSR count). The number of rotatable bonds is 3. The van der Waals surface area contributed by atoms with Gasteiger partial charge >= 0.3 is 0 Å². The van der Waals surface area contributed by atoms with Gasteiger partial charge in [0.1, 0.15) is 11.2 Å². The van der Waals surface area contributed by atoms with Crippen LogP contribution in [0.4, 0.5) is 0 Å². The number of halogens is 1. The molecule has 0 fully saturated rings. The molecule has 0 bridgehead atoms. The van der Waals surface area contributed by atoms with Crippen LogP contribution < -0.4 is 5.32 Å². The molecule has 6 heteroatoms. The summed E-state index contributed by atoms with van der Waals surface area (Å²) in [5, 5.41) is 7.73. The van der Waals surface area contributed by atoms with Crippen molar-refractivity contribution >= 4 is 27.0 Å². The lowest BCUT2D eigenvalue weighted by Gasteiger charge is -2.00. The maximum absolute atomic E-state index is 5.50. The van der Waals surface area contributed by atoms with E-state index in [1.807, 2.05) is 43.9 Å². The second-order valence-electron chi connectivity index (χ2n) is 4.68. The van der Waals surface area contributed by atoms with Crippen molar-refractivity contribution in [2.75, 3.05) is 7.05 Å². The minimum atomic E-state index is 0.674. The number of oxazole rings is 1. The average Bonchev–Trinajstić information content (AvgIpc) is 2.91. The molecule has 0 atom stereocenters.